The fraction of sp³-hybridized carbons (Fsp3) is 0.167. The molecule has 0 radical (unpaired) electrons. The highest BCUT2D eigenvalue weighted by Crippen LogP contribution is 2.13. The van der Waals surface area contributed by atoms with E-state index in [1.807, 2.05) is 12.4 Å². The zero-order valence-corrected chi connectivity index (χ0v) is 7.95. The number of aromatic nitrogens is 4. The molecule has 0 saturated carbocycles. The van der Waals surface area contributed by atoms with Crippen LogP contribution in [0.15, 0.2) is 10.9 Å². The van der Waals surface area contributed by atoms with Gasteiger partial charge in [0.1, 0.15) is 5.69 Å². The third-order valence-corrected chi connectivity index (χ3v) is 2.39. The number of thiazole rings is 1. The van der Waals surface area contributed by atoms with Crippen LogP contribution in [0.1, 0.15) is 0 Å². The van der Waals surface area contributed by atoms with Gasteiger partial charge in [0, 0.05) is 12.4 Å². The zero-order valence-electron chi connectivity index (χ0n) is 6.31. The first-order valence-corrected chi connectivity index (χ1v) is 4.64. The number of nitrogens with zero attached hydrogens (tertiary/aromatic N) is 3. The van der Waals surface area contributed by atoms with Crippen molar-refractivity contribution >= 4 is 23.6 Å². The van der Waals surface area contributed by atoms with Gasteiger partial charge in [0.25, 0.3) is 0 Å². The minimum atomic E-state index is 0.540. The number of nitrogens with one attached hydrogen (secondary N) is 1. The Morgan fingerprint density at radius 1 is 1.67 bits per heavy atom. The second-order valence-corrected chi connectivity index (χ2v) is 3.37. The molecule has 0 bridgehead atoms. The van der Waals surface area contributed by atoms with E-state index in [0.717, 1.165) is 11.5 Å². The lowest BCUT2D eigenvalue weighted by Crippen LogP contribution is -1.89. The number of hydrogen-bond donors (Lipinski definition) is 1. The van der Waals surface area contributed by atoms with E-state index in [0.29, 0.717) is 4.77 Å². The summed E-state index contributed by atoms with van der Waals surface area (Å²) in [6.45, 7) is 0. The van der Waals surface area contributed by atoms with Crippen molar-refractivity contribution in [3.05, 3.63) is 15.7 Å². The van der Waals surface area contributed by atoms with Gasteiger partial charge < -0.3 is 0 Å². The molecule has 0 amide bonds. The Bertz CT molecular complexity index is 425. The molecule has 1 N–H and O–H groups in total. The summed E-state index contributed by atoms with van der Waals surface area (Å²) in [4.78, 5) is 8.23. The summed E-state index contributed by atoms with van der Waals surface area (Å²) in [6.07, 6.45) is 0. The smallest absolute Gasteiger partial charge is 0.216 e. The Morgan fingerprint density at radius 2 is 2.50 bits per heavy atom. The van der Waals surface area contributed by atoms with Crippen molar-refractivity contribution in [2.75, 3.05) is 0 Å². The summed E-state index contributed by atoms with van der Waals surface area (Å²) in [5, 5.41) is 4.92. The van der Waals surface area contributed by atoms with E-state index >= 15 is 0 Å². The normalized spacial score (nSPS) is 10.4. The quantitative estimate of drug-likeness (QED) is 0.708. The molecule has 2 rings (SSSR count). The van der Waals surface area contributed by atoms with Crippen LogP contribution < -0.4 is 0 Å². The minimum Gasteiger partial charge on any atom is -0.278 e. The van der Waals surface area contributed by atoms with Gasteiger partial charge in [0.2, 0.25) is 4.77 Å². The summed E-state index contributed by atoms with van der Waals surface area (Å²) < 4.78 is 2.22. The second-order valence-electron chi connectivity index (χ2n) is 2.29. The van der Waals surface area contributed by atoms with E-state index in [1.165, 1.54) is 11.3 Å². The fourth-order valence-corrected chi connectivity index (χ4v) is 1.52. The van der Waals surface area contributed by atoms with Gasteiger partial charge in [-0.2, -0.15) is 4.98 Å². The minimum absolute atomic E-state index is 0.540. The molecule has 4 nitrogen and oxygen atoms in total. The second kappa shape index (κ2) is 2.80. The summed E-state index contributed by atoms with van der Waals surface area (Å²) in [5.41, 5.74) is 2.60. The Hall–Kier alpha value is -1.01. The maximum absolute atomic E-state index is 4.94. The van der Waals surface area contributed by atoms with Gasteiger partial charge in [0.05, 0.1) is 5.51 Å². The van der Waals surface area contributed by atoms with Gasteiger partial charge in [-0.1, -0.05) is 0 Å². The monoisotopic (exact) mass is 198 g/mol. The molecule has 0 aliphatic carbocycles. The molecule has 0 spiro atoms. The van der Waals surface area contributed by atoms with Crippen LogP contribution >= 0.6 is 23.6 Å². The van der Waals surface area contributed by atoms with E-state index in [9.17, 15) is 0 Å². The van der Waals surface area contributed by atoms with Gasteiger partial charge in [-0.15, -0.1) is 11.3 Å². The third-order valence-electron chi connectivity index (χ3n) is 1.44. The molecular formula is C6H6N4S2. The Balaban J connectivity index is 2.56. The number of aromatic amines is 1. The van der Waals surface area contributed by atoms with Crippen LogP contribution in [0, 0.1) is 4.77 Å². The van der Waals surface area contributed by atoms with Crippen LogP contribution in [-0.4, -0.2) is 19.7 Å². The van der Waals surface area contributed by atoms with Gasteiger partial charge in [-0.3, -0.25) is 9.78 Å². The highest BCUT2D eigenvalue weighted by atomic mass is 32.1. The van der Waals surface area contributed by atoms with Crippen LogP contribution in [0.5, 0.6) is 0 Å². The van der Waals surface area contributed by atoms with E-state index in [1.54, 1.807) is 10.2 Å². The van der Waals surface area contributed by atoms with E-state index in [4.69, 9.17) is 12.2 Å². The van der Waals surface area contributed by atoms with Crippen molar-refractivity contribution in [3.8, 4) is 11.5 Å². The average molecular weight is 198 g/mol. The van der Waals surface area contributed by atoms with Crippen molar-refractivity contribution in [1.82, 2.24) is 19.7 Å². The van der Waals surface area contributed by atoms with Crippen LogP contribution in [-0.2, 0) is 7.05 Å². The van der Waals surface area contributed by atoms with Crippen LogP contribution in [0.25, 0.3) is 11.5 Å². The topological polar surface area (TPSA) is 46.5 Å². The SMILES string of the molecule is Cn1[nH]c(-c2cscn2)nc1=S. The number of hydrogen-bond acceptors (Lipinski definition) is 4. The number of aryl methyl sites for hydroxylation is 1. The maximum atomic E-state index is 4.94. The van der Waals surface area contributed by atoms with Crippen LogP contribution in [0.3, 0.4) is 0 Å². The molecule has 2 aromatic heterocycles. The molecule has 0 aliphatic rings. The first kappa shape index (κ1) is 7.63. The molecule has 0 aliphatic heterocycles. The summed E-state index contributed by atoms with van der Waals surface area (Å²) >= 11 is 6.48. The Morgan fingerprint density at radius 3 is 3.00 bits per heavy atom. The molecule has 12 heavy (non-hydrogen) atoms. The maximum Gasteiger partial charge on any atom is 0.216 e. The van der Waals surface area contributed by atoms with E-state index in [-0.39, 0.29) is 0 Å². The molecule has 0 saturated heterocycles. The third kappa shape index (κ3) is 1.19. The largest absolute Gasteiger partial charge is 0.278 e. The van der Waals surface area contributed by atoms with Crippen molar-refractivity contribution < 1.29 is 0 Å². The van der Waals surface area contributed by atoms with E-state index < -0.39 is 0 Å². The Labute approximate surface area is 77.9 Å². The predicted molar refractivity (Wildman–Crippen MR) is 49.5 cm³/mol. The number of rotatable bonds is 1. The summed E-state index contributed by atoms with van der Waals surface area (Å²) in [7, 11) is 1.82. The van der Waals surface area contributed by atoms with Crippen LogP contribution in [0.2, 0.25) is 0 Å². The lowest BCUT2D eigenvalue weighted by atomic mass is 10.5. The average Bonchev–Trinajstić information content (AvgIpc) is 2.61. The molecular weight excluding hydrogens is 192 g/mol. The summed E-state index contributed by atoms with van der Waals surface area (Å²) in [5.74, 6) is 0.726. The van der Waals surface area contributed by atoms with Gasteiger partial charge in [-0.25, -0.2) is 4.98 Å². The highest BCUT2D eigenvalue weighted by Gasteiger charge is 2.03. The van der Waals surface area contributed by atoms with E-state index in [2.05, 4.69) is 15.1 Å². The van der Waals surface area contributed by atoms with Crippen molar-refractivity contribution in [1.29, 1.82) is 0 Å². The molecule has 0 atom stereocenters. The lowest BCUT2D eigenvalue weighted by Gasteiger charge is -1.87. The molecule has 6 heteroatoms. The van der Waals surface area contributed by atoms with Crippen molar-refractivity contribution in [2.24, 2.45) is 7.05 Å². The molecule has 0 fully saturated rings. The standard InChI is InChI=1S/C6H6N4S2/c1-10-6(11)8-5(9-10)4-2-12-3-7-4/h2-3H,1H3,(H,8,9,11). The summed E-state index contributed by atoms with van der Waals surface area (Å²) in [6, 6.07) is 0. The first-order chi connectivity index (χ1) is 5.77. The molecule has 62 valence electrons. The predicted octanol–water partition coefficient (Wildman–Crippen LogP) is 1.60. The zero-order chi connectivity index (χ0) is 8.55. The van der Waals surface area contributed by atoms with Crippen molar-refractivity contribution in [3.63, 3.8) is 0 Å². The van der Waals surface area contributed by atoms with Crippen LogP contribution in [0.4, 0.5) is 0 Å². The molecule has 0 aromatic carbocycles. The Kier molecular flexibility index (Phi) is 1.78. The van der Waals surface area contributed by atoms with Gasteiger partial charge in [-0.05, 0) is 12.2 Å². The molecule has 0 unspecified atom stereocenters. The lowest BCUT2D eigenvalue weighted by molar-refractivity contribution is 0.755. The first-order valence-electron chi connectivity index (χ1n) is 3.29. The van der Waals surface area contributed by atoms with Crippen molar-refractivity contribution in [2.45, 2.75) is 0 Å². The molecule has 2 heterocycles. The van der Waals surface area contributed by atoms with Gasteiger partial charge in [0.15, 0.2) is 5.82 Å². The molecule has 2 aromatic rings. The fourth-order valence-electron chi connectivity index (χ4n) is 0.846. The van der Waals surface area contributed by atoms with Gasteiger partial charge >= 0.3 is 0 Å². The highest BCUT2D eigenvalue weighted by molar-refractivity contribution is 7.71. The number of H-pyrrole nitrogens is 1.